The number of nitrogens with one attached hydrogen (secondary N) is 1. The maximum absolute atomic E-state index is 12.1. The van der Waals surface area contributed by atoms with Gasteiger partial charge in [0.05, 0.1) is 6.54 Å². The van der Waals surface area contributed by atoms with Crippen molar-refractivity contribution in [2.45, 2.75) is 19.4 Å². The lowest BCUT2D eigenvalue weighted by Gasteiger charge is -2.09. The first-order valence-electron chi connectivity index (χ1n) is 6.20. The number of carbonyl (C=O) groups is 1. The number of fused-ring (bicyclic) bond motifs is 1. The van der Waals surface area contributed by atoms with Crippen LogP contribution in [0.3, 0.4) is 0 Å². The largest absolute Gasteiger partial charge is 0.351 e. The molecule has 0 saturated heterocycles. The lowest BCUT2D eigenvalue weighted by Crippen LogP contribution is -2.30. The average molecular weight is 257 g/mol. The number of carbonyl (C=O) groups excluding carboxylic acids is 1. The second-order valence-corrected chi connectivity index (χ2v) is 5.70. The lowest BCUT2D eigenvalue weighted by molar-refractivity contribution is -0.124. The third-order valence-electron chi connectivity index (χ3n) is 3.44. The minimum Gasteiger partial charge on any atom is -0.351 e. The smallest absolute Gasteiger partial charge is 0.224 e. The lowest BCUT2D eigenvalue weighted by atomic mass is 10.1. The van der Waals surface area contributed by atoms with E-state index in [1.54, 1.807) is 11.3 Å². The summed E-state index contributed by atoms with van der Waals surface area (Å²) in [7, 11) is 0. The summed E-state index contributed by atoms with van der Waals surface area (Å²) in [6.45, 7) is 0.656. The highest BCUT2D eigenvalue weighted by atomic mass is 32.1. The van der Waals surface area contributed by atoms with Gasteiger partial charge in [0.15, 0.2) is 0 Å². The fourth-order valence-corrected chi connectivity index (χ4v) is 3.12. The molecular formula is C15H15NOS. The Morgan fingerprint density at radius 3 is 2.50 bits per heavy atom. The summed E-state index contributed by atoms with van der Waals surface area (Å²) in [5, 5.41) is 5.07. The van der Waals surface area contributed by atoms with Gasteiger partial charge in [-0.05, 0) is 35.4 Å². The third-order valence-corrected chi connectivity index (χ3v) is 4.32. The van der Waals surface area contributed by atoms with Gasteiger partial charge in [-0.2, -0.15) is 0 Å². The molecule has 92 valence electrons. The summed E-state index contributed by atoms with van der Waals surface area (Å²) in [5.41, 5.74) is 2.66. The summed E-state index contributed by atoms with van der Waals surface area (Å²) in [4.78, 5) is 13.3. The molecule has 2 aromatic rings. The molecule has 2 nitrogen and oxygen atoms in total. The van der Waals surface area contributed by atoms with E-state index in [-0.39, 0.29) is 11.8 Å². The van der Waals surface area contributed by atoms with Crippen LogP contribution in [0.25, 0.3) is 0 Å². The summed E-state index contributed by atoms with van der Waals surface area (Å²) in [6.07, 6.45) is 1.76. The maximum atomic E-state index is 12.1. The van der Waals surface area contributed by atoms with Crippen molar-refractivity contribution in [3.63, 3.8) is 0 Å². The highest BCUT2D eigenvalue weighted by Crippen LogP contribution is 2.26. The van der Waals surface area contributed by atoms with Crippen molar-refractivity contribution in [3.05, 3.63) is 57.8 Å². The van der Waals surface area contributed by atoms with E-state index < -0.39 is 0 Å². The van der Waals surface area contributed by atoms with Crippen LogP contribution in [0, 0.1) is 5.92 Å². The van der Waals surface area contributed by atoms with Gasteiger partial charge in [-0.3, -0.25) is 4.79 Å². The van der Waals surface area contributed by atoms with Gasteiger partial charge in [-0.1, -0.05) is 30.3 Å². The molecule has 0 aliphatic heterocycles. The number of hydrogen-bond acceptors (Lipinski definition) is 2. The van der Waals surface area contributed by atoms with E-state index in [0.29, 0.717) is 6.54 Å². The van der Waals surface area contributed by atoms with Gasteiger partial charge in [0.2, 0.25) is 5.91 Å². The molecule has 1 aromatic carbocycles. The van der Waals surface area contributed by atoms with Crippen molar-refractivity contribution in [2.75, 3.05) is 0 Å². The molecule has 1 aliphatic rings. The van der Waals surface area contributed by atoms with Crippen LogP contribution in [0.1, 0.15) is 16.0 Å². The second-order valence-electron chi connectivity index (χ2n) is 4.67. The highest BCUT2D eigenvalue weighted by molar-refractivity contribution is 7.09. The summed E-state index contributed by atoms with van der Waals surface area (Å²) in [6, 6.07) is 12.4. The van der Waals surface area contributed by atoms with Gasteiger partial charge in [0.1, 0.15) is 0 Å². The minimum absolute atomic E-state index is 0.113. The van der Waals surface area contributed by atoms with Crippen molar-refractivity contribution in [2.24, 2.45) is 5.92 Å². The van der Waals surface area contributed by atoms with Gasteiger partial charge in [0.25, 0.3) is 0 Å². The Kier molecular flexibility index (Phi) is 3.15. The molecular weight excluding hydrogens is 242 g/mol. The van der Waals surface area contributed by atoms with Crippen LogP contribution in [-0.2, 0) is 24.2 Å². The first-order chi connectivity index (χ1) is 8.83. The average Bonchev–Trinajstić information content (AvgIpc) is 3.04. The Morgan fingerprint density at radius 1 is 1.17 bits per heavy atom. The van der Waals surface area contributed by atoms with Gasteiger partial charge in [0, 0.05) is 10.8 Å². The van der Waals surface area contributed by atoms with Crippen LogP contribution in [0.5, 0.6) is 0 Å². The van der Waals surface area contributed by atoms with Crippen LogP contribution >= 0.6 is 11.3 Å². The molecule has 0 fully saturated rings. The van der Waals surface area contributed by atoms with Crippen LogP contribution in [-0.4, -0.2) is 5.91 Å². The SMILES string of the molecule is O=C(NCc1cccs1)C1Cc2ccccc2C1. The Balaban J connectivity index is 1.59. The molecule has 1 heterocycles. The summed E-state index contributed by atoms with van der Waals surface area (Å²) in [5.74, 6) is 0.293. The van der Waals surface area contributed by atoms with E-state index in [0.717, 1.165) is 12.8 Å². The number of rotatable bonds is 3. The van der Waals surface area contributed by atoms with Crippen LogP contribution in [0.2, 0.25) is 0 Å². The van der Waals surface area contributed by atoms with Gasteiger partial charge < -0.3 is 5.32 Å². The zero-order valence-corrected chi connectivity index (χ0v) is 10.9. The second kappa shape index (κ2) is 4.94. The predicted molar refractivity (Wildman–Crippen MR) is 73.5 cm³/mol. The zero-order valence-electron chi connectivity index (χ0n) is 10.1. The summed E-state index contributed by atoms with van der Waals surface area (Å²) < 4.78 is 0. The van der Waals surface area contributed by atoms with E-state index in [4.69, 9.17) is 0 Å². The number of amides is 1. The molecule has 1 aliphatic carbocycles. The topological polar surface area (TPSA) is 29.1 Å². The van der Waals surface area contributed by atoms with Crippen molar-refractivity contribution < 1.29 is 4.79 Å². The third kappa shape index (κ3) is 2.31. The quantitative estimate of drug-likeness (QED) is 0.900. The molecule has 0 radical (unpaired) electrons. The zero-order chi connectivity index (χ0) is 12.4. The molecule has 1 amide bonds. The van der Waals surface area contributed by atoms with Crippen LogP contribution in [0.4, 0.5) is 0 Å². The van der Waals surface area contributed by atoms with E-state index in [1.165, 1.54) is 16.0 Å². The van der Waals surface area contributed by atoms with Crippen molar-refractivity contribution in [3.8, 4) is 0 Å². The van der Waals surface area contributed by atoms with Gasteiger partial charge in [-0.15, -0.1) is 11.3 Å². The van der Waals surface area contributed by atoms with E-state index in [1.807, 2.05) is 29.6 Å². The number of benzene rings is 1. The molecule has 0 spiro atoms. The molecule has 0 unspecified atom stereocenters. The molecule has 3 rings (SSSR count). The van der Waals surface area contributed by atoms with Gasteiger partial charge in [-0.25, -0.2) is 0 Å². The monoisotopic (exact) mass is 257 g/mol. The summed E-state index contributed by atoms with van der Waals surface area (Å²) >= 11 is 1.68. The number of hydrogen-bond donors (Lipinski definition) is 1. The number of thiophene rings is 1. The first kappa shape index (κ1) is 11.5. The highest BCUT2D eigenvalue weighted by Gasteiger charge is 2.26. The Hall–Kier alpha value is -1.61. The molecule has 1 N–H and O–H groups in total. The first-order valence-corrected chi connectivity index (χ1v) is 7.08. The standard InChI is InChI=1S/C15H15NOS/c17-15(16-10-14-6-3-7-18-14)13-8-11-4-1-2-5-12(11)9-13/h1-7,13H,8-10H2,(H,16,17). The van der Waals surface area contributed by atoms with Crippen molar-refractivity contribution in [1.29, 1.82) is 0 Å². The van der Waals surface area contributed by atoms with Crippen molar-refractivity contribution in [1.82, 2.24) is 5.32 Å². The van der Waals surface area contributed by atoms with E-state index in [2.05, 4.69) is 17.4 Å². The Morgan fingerprint density at radius 2 is 1.89 bits per heavy atom. The van der Waals surface area contributed by atoms with Gasteiger partial charge >= 0.3 is 0 Å². The molecule has 3 heteroatoms. The van der Waals surface area contributed by atoms with Crippen LogP contribution < -0.4 is 5.32 Å². The fraction of sp³-hybridized carbons (Fsp3) is 0.267. The van der Waals surface area contributed by atoms with E-state index >= 15 is 0 Å². The Bertz CT molecular complexity index is 522. The molecule has 18 heavy (non-hydrogen) atoms. The predicted octanol–water partition coefficient (Wildman–Crippen LogP) is 2.78. The molecule has 0 saturated carbocycles. The normalized spacial score (nSPS) is 14.4. The molecule has 1 aromatic heterocycles. The molecule has 0 atom stereocenters. The Labute approximate surface area is 111 Å². The van der Waals surface area contributed by atoms with Crippen molar-refractivity contribution >= 4 is 17.2 Å². The van der Waals surface area contributed by atoms with E-state index in [9.17, 15) is 4.79 Å². The minimum atomic E-state index is 0.113. The molecule has 0 bridgehead atoms. The maximum Gasteiger partial charge on any atom is 0.224 e. The fourth-order valence-electron chi connectivity index (χ4n) is 2.48. The van der Waals surface area contributed by atoms with Crippen LogP contribution in [0.15, 0.2) is 41.8 Å².